The highest BCUT2D eigenvalue weighted by Crippen LogP contribution is 2.25. The zero-order valence-electron chi connectivity index (χ0n) is 11.2. The first kappa shape index (κ1) is 13.5. The molecule has 0 heterocycles. The van der Waals surface area contributed by atoms with Crippen molar-refractivity contribution in [1.29, 1.82) is 0 Å². The van der Waals surface area contributed by atoms with Gasteiger partial charge >= 0.3 is 0 Å². The molecule has 0 heteroatoms. The molecule has 0 nitrogen and oxygen atoms in total. The molecule has 0 radical (unpaired) electrons. The summed E-state index contributed by atoms with van der Waals surface area (Å²) in [5, 5.41) is 0. The largest absolute Gasteiger partial charge is 0.0998 e. The van der Waals surface area contributed by atoms with Crippen LogP contribution in [0.1, 0.15) is 33.6 Å². The fourth-order valence-corrected chi connectivity index (χ4v) is 1.85. The van der Waals surface area contributed by atoms with Crippen LogP contribution in [0.3, 0.4) is 0 Å². The van der Waals surface area contributed by atoms with Crippen molar-refractivity contribution in [3.05, 3.63) is 71.4 Å². The molecule has 0 saturated carbocycles. The Labute approximate surface area is 105 Å². The zero-order chi connectivity index (χ0) is 12.7. The van der Waals surface area contributed by atoms with Gasteiger partial charge in [0, 0.05) is 0 Å². The van der Waals surface area contributed by atoms with E-state index >= 15 is 0 Å². The smallest absolute Gasteiger partial charge is 0.00699 e. The topological polar surface area (TPSA) is 0 Å². The van der Waals surface area contributed by atoms with Gasteiger partial charge in [0.2, 0.25) is 0 Å². The first-order valence-corrected chi connectivity index (χ1v) is 6.14. The van der Waals surface area contributed by atoms with E-state index in [-0.39, 0.29) is 0 Å². The van der Waals surface area contributed by atoms with Crippen LogP contribution in [0, 0.1) is 0 Å². The highest BCUT2D eigenvalue weighted by atomic mass is 14.1. The third-order valence-corrected chi connectivity index (χ3v) is 2.83. The van der Waals surface area contributed by atoms with E-state index in [4.69, 9.17) is 0 Å². The molecule has 0 saturated heterocycles. The van der Waals surface area contributed by atoms with Crippen molar-refractivity contribution >= 4 is 0 Å². The Balaban J connectivity index is 3.01. The maximum Gasteiger partial charge on any atom is -0.00699 e. The summed E-state index contributed by atoms with van der Waals surface area (Å²) in [6.45, 7) is 10.3. The summed E-state index contributed by atoms with van der Waals surface area (Å²) < 4.78 is 0. The second-order valence-electron chi connectivity index (χ2n) is 4.49. The maximum atomic E-state index is 4.01. The molecule has 17 heavy (non-hydrogen) atoms. The van der Waals surface area contributed by atoms with Gasteiger partial charge in [0.05, 0.1) is 0 Å². The van der Waals surface area contributed by atoms with Gasteiger partial charge in [-0.1, -0.05) is 54.7 Å². The van der Waals surface area contributed by atoms with E-state index in [1.807, 2.05) is 6.92 Å². The van der Waals surface area contributed by atoms with Gasteiger partial charge in [0.15, 0.2) is 0 Å². The molecule has 1 aliphatic carbocycles. The molecule has 0 aliphatic heterocycles. The van der Waals surface area contributed by atoms with E-state index in [9.17, 15) is 0 Å². The van der Waals surface area contributed by atoms with Gasteiger partial charge in [-0.15, -0.1) is 0 Å². The lowest BCUT2D eigenvalue weighted by Gasteiger charge is -2.13. The van der Waals surface area contributed by atoms with Gasteiger partial charge in [-0.3, -0.25) is 0 Å². The predicted molar refractivity (Wildman–Crippen MR) is 77.9 cm³/mol. The Morgan fingerprint density at radius 3 is 2.65 bits per heavy atom. The van der Waals surface area contributed by atoms with Crippen LogP contribution in [-0.2, 0) is 0 Å². The number of rotatable bonds is 4. The zero-order valence-corrected chi connectivity index (χ0v) is 11.2. The first-order valence-electron chi connectivity index (χ1n) is 6.14. The minimum Gasteiger partial charge on any atom is -0.0998 e. The molecule has 0 bridgehead atoms. The van der Waals surface area contributed by atoms with E-state index in [1.165, 1.54) is 22.3 Å². The molecule has 0 amide bonds. The highest BCUT2D eigenvalue weighted by Gasteiger charge is 2.05. The summed E-state index contributed by atoms with van der Waals surface area (Å²) in [5.41, 5.74) is 5.36. The SMILES string of the molecule is C=C(C)CC(=C\C=C/C)/C(C)=C1/C=CC=CC1. The quantitative estimate of drug-likeness (QED) is 0.451. The van der Waals surface area contributed by atoms with Crippen LogP contribution in [-0.4, -0.2) is 0 Å². The summed E-state index contributed by atoms with van der Waals surface area (Å²) in [7, 11) is 0. The molecule has 1 rings (SSSR count). The summed E-state index contributed by atoms with van der Waals surface area (Å²) >= 11 is 0. The second kappa shape index (κ2) is 6.90. The Morgan fingerprint density at radius 2 is 2.12 bits per heavy atom. The van der Waals surface area contributed by atoms with E-state index in [0.717, 1.165) is 12.8 Å². The van der Waals surface area contributed by atoms with E-state index in [0.29, 0.717) is 0 Å². The van der Waals surface area contributed by atoms with Crippen LogP contribution in [0.4, 0.5) is 0 Å². The Hall–Kier alpha value is -1.56. The second-order valence-corrected chi connectivity index (χ2v) is 4.49. The molecule has 0 atom stereocenters. The molecule has 1 aliphatic rings. The van der Waals surface area contributed by atoms with Crippen LogP contribution in [0.2, 0.25) is 0 Å². The maximum absolute atomic E-state index is 4.01. The van der Waals surface area contributed by atoms with Gasteiger partial charge < -0.3 is 0 Å². The number of hydrogen-bond acceptors (Lipinski definition) is 0. The van der Waals surface area contributed by atoms with Gasteiger partial charge in [-0.25, -0.2) is 0 Å². The molecular weight excluding hydrogens is 204 g/mol. The van der Waals surface area contributed by atoms with Gasteiger partial charge in [-0.2, -0.15) is 0 Å². The molecule has 0 N–H and O–H groups in total. The van der Waals surface area contributed by atoms with Gasteiger partial charge in [-0.05, 0) is 50.3 Å². The number of hydrogen-bond donors (Lipinski definition) is 0. The molecule has 0 aromatic rings. The minimum absolute atomic E-state index is 0.956. The van der Waals surface area contributed by atoms with E-state index in [1.54, 1.807) is 0 Å². The predicted octanol–water partition coefficient (Wildman–Crippen LogP) is 5.29. The normalized spacial score (nSPS) is 18.9. The van der Waals surface area contributed by atoms with E-state index in [2.05, 4.69) is 63.0 Å². The van der Waals surface area contributed by atoms with Crippen molar-refractivity contribution in [2.75, 3.05) is 0 Å². The fourth-order valence-electron chi connectivity index (χ4n) is 1.85. The average molecular weight is 226 g/mol. The van der Waals surface area contributed by atoms with Crippen LogP contribution >= 0.6 is 0 Å². The molecule has 0 spiro atoms. The van der Waals surface area contributed by atoms with Crippen molar-refractivity contribution in [2.24, 2.45) is 0 Å². The lowest BCUT2D eigenvalue weighted by atomic mass is 9.93. The van der Waals surface area contributed by atoms with Crippen LogP contribution < -0.4 is 0 Å². The molecule has 0 unspecified atom stereocenters. The number of allylic oxidation sites excluding steroid dienone is 11. The monoisotopic (exact) mass is 226 g/mol. The first-order chi connectivity index (χ1) is 8.15. The third kappa shape index (κ3) is 4.44. The van der Waals surface area contributed by atoms with Crippen molar-refractivity contribution in [2.45, 2.75) is 33.6 Å². The van der Waals surface area contributed by atoms with Crippen molar-refractivity contribution in [3.8, 4) is 0 Å². The standard InChI is InChI=1S/C17H22/c1-5-6-10-17(13-14(2)3)15(4)16-11-8-7-9-12-16/h5-11H,2,12-13H2,1,3-4H3/b6-5-,16-15-,17-10+. The Bertz CT molecular complexity index is 423. The summed E-state index contributed by atoms with van der Waals surface area (Å²) in [4.78, 5) is 0. The molecule has 0 aromatic carbocycles. The molecular formula is C17H22. The van der Waals surface area contributed by atoms with Crippen molar-refractivity contribution in [3.63, 3.8) is 0 Å². The summed E-state index contributed by atoms with van der Waals surface area (Å²) in [6, 6.07) is 0. The van der Waals surface area contributed by atoms with Crippen molar-refractivity contribution in [1.82, 2.24) is 0 Å². The third-order valence-electron chi connectivity index (χ3n) is 2.83. The highest BCUT2D eigenvalue weighted by molar-refractivity contribution is 5.44. The lowest BCUT2D eigenvalue weighted by molar-refractivity contribution is 1.08. The molecule has 90 valence electrons. The van der Waals surface area contributed by atoms with Crippen LogP contribution in [0.25, 0.3) is 0 Å². The Morgan fingerprint density at radius 1 is 1.35 bits per heavy atom. The molecule has 0 aromatic heterocycles. The average Bonchev–Trinajstić information content (AvgIpc) is 2.34. The van der Waals surface area contributed by atoms with Gasteiger partial charge in [0.25, 0.3) is 0 Å². The van der Waals surface area contributed by atoms with Crippen molar-refractivity contribution < 1.29 is 0 Å². The summed E-state index contributed by atoms with van der Waals surface area (Å²) in [6.07, 6.45) is 17.0. The van der Waals surface area contributed by atoms with E-state index < -0.39 is 0 Å². The minimum atomic E-state index is 0.956. The molecule has 0 fully saturated rings. The van der Waals surface area contributed by atoms with Crippen LogP contribution in [0.5, 0.6) is 0 Å². The summed E-state index contributed by atoms with van der Waals surface area (Å²) in [5.74, 6) is 0. The van der Waals surface area contributed by atoms with Crippen LogP contribution in [0.15, 0.2) is 71.4 Å². The Kier molecular flexibility index (Phi) is 5.48. The fraction of sp³-hybridized carbons (Fsp3) is 0.294. The lowest BCUT2D eigenvalue weighted by Crippen LogP contribution is -1.93. The van der Waals surface area contributed by atoms with Gasteiger partial charge in [0.1, 0.15) is 0 Å².